The van der Waals surface area contributed by atoms with Crippen molar-refractivity contribution in [1.82, 2.24) is 0 Å². The quantitative estimate of drug-likeness (QED) is 0.575. The number of carbonyl (C=O) groups excluding carboxylic acids is 1. The highest BCUT2D eigenvalue weighted by atomic mass is 32.2. The van der Waals surface area contributed by atoms with Crippen LogP contribution >= 0.6 is 11.8 Å². The number of aldehydes is 1. The second-order valence-electron chi connectivity index (χ2n) is 2.57. The van der Waals surface area contributed by atoms with Crippen LogP contribution in [0.3, 0.4) is 0 Å². The molecule has 10 heavy (non-hydrogen) atoms. The third-order valence-electron chi connectivity index (χ3n) is 1.47. The van der Waals surface area contributed by atoms with Crippen LogP contribution < -0.4 is 0 Å². The molecule has 0 aromatic rings. The monoisotopic (exact) mass is 160 g/mol. The van der Waals surface area contributed by atoms with Gasteiger partial charge in [-0.15, -0.1) is 0 Å². The van der Waals surface area contributed by atoms with E-state index in [-0.39, 0.29) is 0 Å². The molecule has 0 saturated carbocycles. The number of carbonyl (C=O) groups is 1. The lowest BCUT2D eigenvalue weighted by Gasteiger charge is -2.12. The van der Waals surface area contributed by atoms with Crippen LogP contribution in [0.25, 0.3) is 0 Å². The predicted octanol–water partition coefficient (Wildman–Crippen LogP) is 2.50. The van der Waals surface area contributed by atoms with Crippen molar-refractivity contribution in [2.75, 3.05) is 0 Å². The maximum atomic E-state index is 10.1. The van der Waals surface area contributed by atoms with Gasteiger partial charge < -0.3 is 4.79 Å². The minimum Gasteiger partial charge on any atom is -0.303 e. The molecule has 0 rings (SSSR count). The fraction of sp³-hybridized carbons (Fsp3) is 0.875. The second kappa shape index (κ2) is 5.78. The Labute approximate surface area is 67.6 Å². The molecule has 2 heteroatoms. The van der Waals surface area contributed by atoms with Crippen LogP contribution in [-0.4, -0.2) is 16.8 Å². The maximum Gasteiger partial charge on any atom is 0.121 e. The van der Waals surface area contributed by atoms with E-state index in [0.29, 0.717) is 16.9 Å². The van der Waals surface area contributed by atoms with Gasteiger partial charge in [-0.2, -0.15) is 11.8 Å². The van der Waals surface area contributed by atoms with Gasteiger partial charge in [0.2, 0.25) is 0 Å². The fourth-order valence-electron chi connectivity index (χ4n) is 0.684. The van der Waals surface area contributed by atoms with E-state index in [0.717, 1.165) is 6.29 Å². The predicted molar refractivity (Wildman–Crippen MR) is 47.5 cm³/mol. The maximum absolute atomic E-state index is 10.1. The van der Waals surface area contributed by atoms with Gasteiger partial charge in [0.25, 0.3) is 0 Å². The summed E-state index contributed by atoms with van der Waals surface area (Å²) in [5.41, 5.74) is 0. The van der Waals surface area contributed by atoms with Crippen molar-refractivity contribution in [3.05, 3.63) is 0 Å². The number of hydrogen-bond donors (Lipinski definition) is 0. The van der Waals surface area contributed by atoms with Gasteiger partial charge in [0, 0.05) is 16.9 Å². The van der Waals surface area contributed by atoms with E-state index in [2.05, 4.69) is 20.8 Å². The van der Waals surface area contributed by atoms with E-state index in [1.807, 2.05) is 11.8 Å². The van der Waals surface area contributed by atoms with Crippen molar-refractivity contribution in [3.8, 4) is 0 Å². The van der Waals surface area contributed by atoms with E-state index in [1.54, 1.807) is 0 Å². The Hall–Kier alpha value is 0.0200. The molecular formula is C8H16OS. The largest absolute Gasteiger partial charge is 0.303 e. The standard InChI is InChI=1S/C8H16OS/c1-4-7(2)10-8(3)5-6-9/h6-8H,4-5H2,1-3H3. The topological polar surface area (TPSA) is 17.1 Å². The van der Waals surface area contributed by atoms with Crippen LogP contribution in [0.1, 0.15) is 33.6 Å². The van der Waals surface area contributed by atoms with Crippen molar-refractivity contribution < 1.29 is 4.79 Å². The minimum absolute atomic E-state index is 0.493. The zero-order chi connectivity index (χ0) is 7.98. The molecule has 0 saturated heterocycles. The van der Waals surface area contributed by atoms with E-state index in [9.17, 15) is 4.79 Å². The van der Waals surface area contributed by atoms with E-state index >= 15 is 0 Å². The van der Waals surface area contributed by atoms with Gasteiger partial charge in [0.15, 0.2) is 0 Å². The third-order valence-corrected chi connectivity index (χ3v) is 2.92. The molecule has 60 valence electrons. The first-order chi connectivity index (χ1) is 4.70. The van der Waals surface area contributed by atoms with Crippen LogP contribution in [0.2, 0.25) is 0 Å². The lowest BCUT2D eigenvalue weighted by molar-refractivity contribution is -0.107. The molecule has 2 unspecified atom stereocenters. The zero-order valence-electron chi connectivity index (χ0n) is 6.96. The zero-order valence-corrected chi connectivity index (χ0v) is 7.78. The Morgan fingerprint density at radius 2 is 2.00 bits per heavy atom. The van der Waals surface area contributed by atoms with Gasteiger partial charge in [-0.3, -0.25) is 0 Å². The smallest absolute Gasteiger partial charge is 0.121 e. The Morgan fingerprint density at radius 1 is 1.40 bits per heavy atom. The molecule has 1 nitrogen and oxygen atoms in total. The van der Waals surface area contributed by atoms with Gasteiger partial charge in [-0.25, -0.2) is 0 Å². The van der Waals surface area contributed by atoms with Crippen LogP contribution in [0, 0.1) is 0 Å². The van der Waals surface area contributed by atoms with E-state index < -0.39 is 0 Å². The van der Waals surface area contributed by atoms with Crippen LogP contribution in [0.5, 0.6) is 0 Å². The van der Waals surface area contributed by atoms with Crippen LogP contribution in [0.15, 0.2) is 0 Å². The fourth-order valence-corrected chi connectivity index (χ4v) is 1.86. The molecule has 2 atom stereocenters. The molecule has 0 aromatic heterocycles. The van der Waals surface area contributed by atoms with Crippen LogP contribution in [0.4, 0.5) is 0 Å². The highest BCUT2D eigenvalue weighted by Crippen LogP contribution is 2.20. The summed E-state index contributed by atoms with van der Waals surface area (Å²) in [7, 11) is 0. The summed E-state index contributed by atoms with van der Waals surface area (Å²) in [5.74, 6) is 0. The summed E-state index contributed by atoms with van der Waals surface area (Å²) in [6.45, 7) is 6.47. The normalized spacial score (nSPS) is 16.3. The average Bonchev–Trinajstić information content (AvgIpc) is 1.88. The minimum atomic E-state index is 0.493. The first kappa shape index (κ1) is 10.0. The van der Waals surface area contributed by atoms with Crippen molar-refractivity contribution in [2.24, 2.45) is 0 Å². The summed E-state index contributed by atoms with van der Waals surface area (Å²) >= 11 is 1.89. The molecule has 0 aliphatic rings. The summed E-state index contributed by atoms with van der Waals surface area (Å²) in [6, 6.07) is 0. The van der Waals surface area contributed by atoms with Crippen molar-refractivity contribution in [2.45, 2.75) is 44.1 Å². The Kier molecular flexibility index (Phi) is 5.79. The molecule has 0 radical (unpaired) electrons. The molecule has 0 bridgehead atoms. The molecular weight excluding hydrogens is 144 g/mol. The van der Waals surface area contributed by atoms with E-state index in [4.69, 9.17) is 0 Å². The SMILES string of the molecule is CCC(C)SC(C)CC=O. The van der Waals surface area contributed by atoms with Crippen molar-refractivity contribution in [3.63, 3.8) is 0 Å². The van der Waals surface area contributed by atoms with E-state index in [1.165, 1.54) is 6.42 Å². The molecule has 0 aliphatic carbocycles. The Bertz CT molecular complexity index is 93.3. The lowest BCUT2D eigenvalue weighted by atomic mass is 10.4. The summed E-state index contributed by atoms with van der Waals surface area (Å²) < 4.78 is 0. The van der Waals surface area contributed by atoms with Crippen molar-refractivity contribution in [1.29, 1.82) is 0 Å². The summed E-state index contributed by atoms with van der Waals surface area (Å²) in [4.78, 5) is 10.1. The van der Waals surface area contributed by atoms with Gasteiger partial charge >= 0.3 is 0 Å². The second-order valence-corrected chi connectivity index (χ2v) is 4.45. The highest BCUT2D eigenvalue weighted by Gasteiger charge is 2.05. The number of rotatable bonds is 5. The first-order valence-corrected chi connectivity index (χ1v) is 4.74. The van der Waals surface area contributed by atoms with Gasteiger partial charge in [-0.1, -0.05) is 20.8 Å². The van der Waals surface area contributed by atoms with Gasteiger partial charge in [-0.05, 0) is 6.42 Å². The van der Waals surface area contributed by atoms with Crippen LogP contribution in [-0.2, 0) is 4.79 Å². The number of hydrogen-bond acceptors (Lipinski definition) is 2. The molecule has 0 N–H and O–H groups in total. The third kappa shape index (κ3) is 4.86. The molecule has 0 spiro atoms. The van der Waals surface area contributed by atoms with Gasteiger partial charge in [0.1, 0.15) is 6.29 Å². The highest BCUT2D eigenvalue weighted by molar-refractivity contribution is 8.00. The Morgan fingerprint density at radius 3 is 2.40 bits per heavy atom. The summed E-state index contributed by atoms with van der Waals surface area (Å²) in [6.07, 6.45) is 2.88. The Balaban J connectivity index is 3.35. The molecule has 0 aliphatic heterocycles. The average molecular weight is 160 g/mol. The molecule has 0 fully saturated rings. The number of thioether (sulfide) groups is 1. The summed E-state index contributed by atoms with van der Waals surface area (Å²) in [5, 5.41) is 1.18. The first-order valence-electron chi connectivity index (χ1n) is 3.79. The molecule has 0 heterocycles. The molecule has 0 amide bonds. The van der Waals surface area contributed by atoms with Gasteiger partial charge in [0.05, 0.1) is 0 Å². The lowest BCUT2D eigenvalue weighted by Crippen LogP contribution is -2.03. The van der Waals surface area contributed by atoms with Crippen molar-refractivity contribution >= 4 is 18.0 Å². The molecule has 0 aromatic carbocycles.